The van der Waals surface area contributed by atoms with Crippen molar-refractivity contribution in [1.29, 1.82) is 0 Å². The summed E-state index contributed by atoms with van der Waals surface area (Å²) in [6.45, 7) is 6.14. The number of methoxy groups -OCH3 is 1. The van der Waals surface area contributed by atoms with Crippen LogP contribution in [0.3, 0.4) is 0 Å². The van der Waals surface area contributed by atoms with Gasteiger partial charge in [0.05, 0.1) is 18.6 Å². The van der Waals surface area contributed by atoms with Crippen LogP contribution in [0.4, 0.5) is 0 Å². The van der Waals surface area contributed by atoms with E-state index in [4.69, 9.17) is 18.9 Å². The molecule has 0 saturated carbocycles. The molecule has 3 heterocycles. The highest BCUT2D eigenvalue weighted by atomic mass is 16.5. The van der Waals surface area contributed by atoms with Crippen molar-refractivity contribution in [3.8, 4) is 28.7 Å². The van der Waals surface area contributed by atoms with Gasteiger partial charge in [0, 0.05) is 23.6 Å². The molecule has 3 aliphatic heterocycles. The standard InChI is InChI=1S/C22H20O6/c1-10(2)16-7-13-15(27-16)5-4-11-21(24)20-12-6-14(23)18(25-3)8-17(12)26-9-19(20)28-22(11)13/h4-6,8,16,19-20,23H,1,7,9H2,2-3H3/t16-,19-,20+/m1/s1. The van der Waals surface area contributed by atoms with Crippen LogP contribution in [0, 0.1) is 0 Å². The Balaban J connectivity index is 1.58. The molecule has 3 atom stereocenters. The van der Waals surface area contributed by atoms with E-state index in [1.54, 1.807) is 12.1 Å². The van der Waals surface area contributed by atoms with Crippen molar-refractivity contribution in [2.75, 3.05) is 13.7 Å². The fourth-order valence-electron chi connectivity index (χ4n) is 4.19. The number of ether oxygens (including phenoxy) is 4. The lowest BCUT2D eigenvalue weighted by Crippen LogP contribution is -2.43. The van der Waals surface area contributed by atoms with Crippen molar-refractivity contribution >= 4 is 5.78 Å². The molecule has 0 amide bonds. The summed E-state index contributed by atoms with van der Waals surface area (Å²) in [5.74, 6) is 1.54. The molecular weight excluding hydrogens is 360 g/mol. The predicted molar refractivity (Wildman–Crippen MR) is 101 cm³/mol. The van der Waals surface area contributed by atoms with Crippen LogP contribution in [0.25, 0.3) is 0 Å². The third kappa shape index (κ3) is 2.30. The minimum absolute atomic E-state index is 0.0317. The third-order valence-electron chi connectivity index (χ3n) is 5.66. The van der Waals surface area contributed by atoms with Crippen molar-refractivity contribution in [1.82, 2.24) is 0 Å². The molecule has 2 aromatic rings. The van der Waals surface area contributed by atoms with Crippen molar-refractivity contribution in [3.63, 3.8) is 0 Å². The Morgan fingerprint density at radius 3 is 2.82 bits per heavy atom. The predicted octanol–water partition coefficient (Wildman–Crippen LogP) is 3.40. The Bertz CT molecular complexity index is 1020. The molecule has 28 heavy (non-hydrogen) atoms. The molecule has 6 heteroatoms. The summed E-state index contributed by atoms with van der Waals surface area (Å²) in [7, 11) is 1.47. The first-order valence-corrected chi connectivity index (χ1v) is 9.20. The maximum Gasteiger partial charge on any atom is 0.178 e. The van der Waals surface area contributed by atoms with Crippen LogP contribution >= 0.6 is 0 Å². The van der Waals surface area contributed by atoms with Gasteiger partial charge >= 0.3 is 0 Å². The molecule has 5 rings (SSSR count). The Hall–Kier alpha value is -3.15. The van der Waals surface area contributed by atoms with E-state index in [-0.39, 0.29) is 24.2 Å². The first kappa shape index (κ1) is 17.0. The maximum absolute atomic E-state index is 13.4. The van der Waals surface area contributed by atoms with E-state index in [0.717, 1.165) is 16.9 Å². The van der Waals surface area contributed by atoms with Crippen molar-refractivity contribution < 1.29 is 28.8 Å². The molecule has 3 aliphatic rings. The average Bonchev–Trinajstić information content (AvgIpc) is 3.12. The second kappa shape index (κ2) is 5.92. The van der Waals surface area contributed by atoms with Gasteiger partial charge in [0.25, 0.3) is 0 Å². The number of benzene rings is 2. The van der Waals surface area contributed by atoms with E-state index in [9.17, 15) is 9.90 Å². The molecule has 144 valence electrons. The molecule has 0 aliphatic carbocycles. The first-order valence-electron chi connectivity index (χ1n) is 9.20. The van der Waals surface area contributed by atoms with Crippen LogP contribution in [-0.2, 0) is 6.42 Å². The molecular formula is C22H20O6. The van der Waals surface area contributed by atoms with Gasteiger partial charge in [-0.15, -0.1) is 0 Å². The molecule has 0 fully saturated rings. The van der Waals surface area contributed by atoms with E-state index in [1.807, 2.05) is 13.0 Å². The number of hydrogen-bond donors (Lipinski definition) is 1. The van der Waals surface area contributed by atoms with E-state index < -0.39 is 12.0 Å². The highest BCUT2D eigenvalue weighted by Crippen LogP contribution is 2.49. The first-order chi connectivity index (χ1) is 13.5. The normalized spacial score (nSPS) is 23.9. The summed E-state index contributed by atoms with van der Waals surface area (Å²) in [6, 6.07) is 6.72. The number of ketones is 1. The molecule has 0 unspecified atom stereocenters. The number of Topliss-reactive ketones (excluding diaryl/α,β-unsaturated/α-hetero) is 1. The maximum atomic E-state index is 13.4. The lowest BCUT2D eigenvalue weighted by molar-refractivity contribution is 0.0554. The van der Waals surface area contributed by atoms with Gasteiger partial charge in [0.2, 0.25) is 0 Å². The number of rotatable bonds is 2. The molecule has 1 N–H and O–H groups in total. The van der Waals surface area contributed by atoms with Gasteiger partial charge < -0.3 is 24.1 Å². The highest BCUT2D eigenvalue weighted by Gasteiger charge is 2.45. The summed E-state index contributed by atoms with van der Waals surface area (Å²) < 4.78 is 23.2. The van der Waals surface area contributed by atoms with Gasteiger partial charge in [0.1, 0.15) is 36.1 Å². The summed E-state index contributed by atoms with van der Waals surface area (Å²) >= 11 is 0. The fraction of sp³-hybridized carbons (Fsp3) is 0.318. The van der Waals surface area contributed by atoms with Gasteiger partial charge in [-0.3, -0.25) is 4.79 Å². The highest BCUT2D eigenvalue weighted by molar-refractivity contribution is 6.06. The van der Waals surface area contributed by atoms with Crippen molar-refractivity contribution in [2.24, 2.45) is 0 Å². The monoisotopic (exact) mass is 380 g/mol. The Labute approximate surface area is 162 Å². The third-order valence-corrected chi connectivity index (χ3v) is 5.66. The number of aromatic hydroxyl groups is 1. The van der Waals surface area contributed by atoms with E-state index in [0.29, 0.717) is 34.8 Å². The minimum atomic E-state index is -0.537. The van der Waals surface area contributed by atoms with E-state index in [2.05, 4.69) is 6.58 Å². The van der Waals surface area contributed by atoms with Crippen LogP contribution < -0.4 is 18.9 Å². The summed E-state index contributed by atoms with van der Waals surface area (Å²) in [6.07, 6.45) is 0.0647. The van der Waals surface area contributed by atoms with Crippen LogP contribution in [0.2, 0.25) is 0 Å². The van der Waals surface area contributed by atoms with Gasteiger partial charge in [-0.1, -0.05) is 6.58 Å². The summed E-state index contributed by atoms with van der Waals surface area (Å²) in [5.41, 5.74) is 2.99. The van der Waals surface area contributed by atoms with Crippen LogP contribution in [0.1, 0.15) is 34.3 Å². The number of carbonyl (C=O) groups is 1. The topological polar surface area (TPSA) is 74.2 Å². The van der Waals surface area contributed by atoms with E-state index >= 15 is 0 Å². The summed E-state index contributed by atoms with van der Waals surface area (Å²) in [4.78, 5) is 13.4. The Kier molecular flexibility index (Phi) is 3.59. The van der Waals surface area contributed by atoms with Crippen LogP contribution in [0.5, 0.6) is 28.7 Å². The number of hydrogen-bond acceptors (Lipinski definition) is 6. The van der Waals surface area contributed by atoms with E-state index in [1.165, 1.54) is 13.2 Å². The fourth-order valence-corrected chi connectivity index (χ4v) is 4.19. The lowest BCUT2D eigenvalue weighted by atomic mass is 9.81. The van der Waals surface area contributed by atoms with Crippen molar-refractivity contribution in [3.05, 3.63) is 53.1 Å². The lowest BCUT2D eigenvalue weighted by Gasteiger charge is -2.37. The molecule has 0 radical (unpaired) electrons. The average molecular weight is 380 g/mol. The molecule has 0 saturated heterocycles. The smallest absolute Gasteiger partial charge is 0.178 e. The van der Waals surface area contributed by atoms with Gasteiger partial charge in [-0.05, 0) is 30.7 Å². The second-order valence-corrected chi connectivity index (χ2v) is 7.45. The Morgan fingerprint density at radius 2 is 2.07 bits per heavy atom. The van der Waals surface area contributed by atoms with Crippen LogP contribution in [-0.4, -0.2) is 36.8 Å². The summed E-state index contributed by atoms with van der Waals surface area (Å²) in [5, 5.41) is 10.2. The Morgan fingerprint density at radius 1 is 1.25 bits per heavy atom. The number of phenolic OH excluding ortho intramolecular Hbond substituents is 1. The quantitative estimate of drug-likeness (QED) is 0.805. The zero-order chi connectivity index (χ0) is 19.6. The molecule has 0 bridgehead atoms. The SMILES string of the molecule is C=C(C)[C@H]1Cc2c(ccc3c2O[C@@H]2COc4cc(OC)c(O)cc4[C@@H]2C3=O)O1. The van der Waals surface area contributed by atoms with Crippen molar-refractivity contribution in [2.45, 2.75) is 31.5 Å². The van der Waals surface area contributed by atoms with Crippen LogP contribution in [0.15, 0.2) is 36.4 Å². The molecule has 2 aromatic carbocycles. The number of phenols is 1. The molecule has 0 spiro atoms. The zero-order valence-electron chi connectivity index (χ0n) is 15.7. The minimum Gasteiger partial charge on any atom is -0.504 e. The second-order valence-electron chi connectivity index (χ2n) is 7.45. The van der Waals surface area contributed by atoms with Gasteiger partial charge in [0.15, 0.2) is 17.3 Å². The zero-order valence-corrected chi connectivity index (χ0v) is 15.7. The van der Waals surface area contributed by atoms with Gasteiger partial charge in [-0.2, -0.15) is 0 Å². The largest absolute Gasteiger partial charge is 0.504 e. The number of fused-ring (bicyclic) bond motifs is 6. The molecule has 0 aromatic heterocycles. The number of carbonyl (C=O) groups excluding carboxylic acids is 1. The molecule has 6 nitrogen and oxygen atoms in total. The van der Waals surface area contributed by atoms with Gasteiger partial charge in [-0.25, -0.2) is 0 Å².